The number of aromatic amines is 1. The van der Waals surface area contributed by atoms with E-state index in [2.05, 4.69) is 63.5 Å². The summed E-state index contributed by atoms with van der Waals surface area (Å²) in [5.74, 6) is 1.00. The van der Waals surface area contributed by atoms with E-state index in [1.165, 1.54) is 6.07 Å². The molecule has 87 heavy (non-hydrogen) atoms. The fourth-order valence-electron chi connectivity index (χ4n) is 13.7. The zero-order valence-electron chi connectivity index (χ0n) is 51.7. The molecule has 5 aromatic rings. The second kappa shape index (κ2) is 28.7. The number of piperazine rings is 2. The van der Waals surface area contributed by atoms with Gasteiger partial charge in [-0.2, -0.15) is 5.10 Å². The summed E-state index contributed by atoms with van der Waals surface area (Å²) in [6.07, 6.45) is 9.12. The van der Waals surface area contributed by atoms with Gasteiger partial charge in [-0.3, -0.25) is 38.6 Å². The molecule has 5 heterocycles. The molecular weight excluding hydrogens is 1100 g/mol. The van der Waals surface area contributed by atoms with Crippen LogP contribution in [0.15, 0.2) is 83.7 Å². The number of benzene rings is 4. The molecule has 0 radical (unpaired) electrons. The van der Waals surface area contributed by atoms with Crippen molar-refractivity contribution < 1.29 is 37.8 Å². The first-order valence-electron chi connectivity index (χ1n) is 31.8. The number of fused-ring (bicyclic) bond motifs is 1. The maximum Gasteiger partial charge on any atom is 0.272 e. The van der Waals surface area contributed by atoms with E-state index in [1.807, 2.05) is 58.0 Å². The normalized spacial score (nSPS) is 19.0. The number of piperidine rings is 2. The number of carbonyl (C=O) groups excluding carboxylic acids is 5. The van der Waals surface area contributed by atoms with Crippen LogP contribution >= 0.6 is 0 Å². The van der Waals surface area contributed by atoms with Crippen LogP contribution in [0.4, 0.5) is 4.39 Å². The van der Waals surface area contributed by atoms with Gasteiger partial charge in [0.2, 0.25) is 17.7 Å². The number of rotatable bonds is 19. The summed E-state index contributed by atoms with van der Waals surface area (Å²) in [6.45, 7) is 17.9. The predicted molar refractivity (Wildman–Crippen MR) is 334 cm³/mol. The van der Waals surface area contributed by atoms with Crippen molar-refractivity contribution in [2.75, 3.05) is 112 Å². The zero-order chi connectivity index (χ0) is 61.2. The Hall–Kier alpha value is -7.22. The Labute approximate surface area is 511 Å². The third-order valence-electron chi connectivity index (χ3n) is 18.8. The lowest BCUT2D eigenvalue weighted by atomic mass is 9.79. The van der Waals surface area contributed by atoms with Crippen molar-refractivity contribution in [2.45, 2.75) is 116 Å². The van der Waals surface area contributed by atoms with E-state index in [1.54, 1.807) is 36.3 Å². The van der Waals surface area contributed by atoms with Crippen LogP contribution in [0.25, 0.3) is 10.8 Å². The molecule has 0 spiro atoms. The van der Waals surface area contributed by atoms with Crippen LogP contribution in [0.5, 0.6) is 11.5 Å². The summed E-state index contributed by atoms with van der Waals surface area (Å²) in [6, 6.07) is 23.0. The number of H-pyrrole nitrogens is 1. The van der Waals surface area contributed by atoms with Crippen molar-refractivity contribution in [3.8, 4) is 11.5 Å². The Balaban J connectivity index is 0.671. The Kier molecular flexibility index (Phi) is 20.8. The Morgan fingerprint density at radius 2 is 1.45 bits per heavy atom. The van der Waals surface area contributed by atoms with Gasteiger partial charge in [0, 0.05) is 113 Å². The fourth-order valence-corrected chi connectivity index (χ4v) is 13.7. The van der Waals surface area contributed by atoms with Gasteiger partial charge in [-0.1, -0.05) is 82.5 Å². The molecule has 2 atom stereocenters. The van der Waals surface area contributed by atoms with Gasteiger partial charge >= 0.3 is 0 Å². The summed E-state index contributed by atoms with van der Waals surface area (Å²) in [5.41, 5.74) is 4.25. The van der Waals surface area contributed by atoms with Crippen LogP contribution in [-0.2, 0) is 32.8 Å². The number of methoxy groups -OCH3 is 1. The van der Waals surface area contributed by atoms with E-state index in [0.717, 1.165) is 119 Å². The molecule has 1 aliphatic carbocycles. The third kappa shape index (κ3) is 15.6. The lowest BCUT2D eigenvalue weighted by molar-refractivity contribution is -0.137. The number of hydrogen-bond donors (Lipinski definition) is 3. The molecule has 10 rings (SSSR count). The summed E-state index contributed by atoms with van der Waals surface area (Å²) < 4.78 is 26.4. The highest BCUT2D eigenvalue weighted by Crippen LogP contribution is 2.35. The molecule has 1 unspecified atom stereocenters. The second-order valence-corrected chi connectivity index (χ2v) is 25.6. The standard InChI is InChI=1S/C68H89FN10O8/c1-6-87-60-40-52(86-5)21-19-50(60)41-70-42-61(80)79-26-12-15-51(44-79)49-20-22-55(57(39-49)68(2,3)4)64(82)71-63(48-13-8-7-9-14-48)67(85)78-31-29-75(30-32-78)43-46-24-27-74(28-25-46)45-62(81)76-33-35-77(36-34-76)66(84)56-37-47(18-23-58(56)69)38-59-53-16-10-11-17-54(53)65(83)73-72-59/h10-11,16-23,37,39-40,46,48,51,63,70H,6-9,12-15,24-36,38,41-45H2,1-5H3,(H,71,82)(H,73,83)/t51?,63-/m1/s1. The van der Waals surface area contributed by atoms with Crippen LogP contribution in [0.2, 0.25) is 0 Å². The minimum absolute atomic E-state index is 0.0151. The maximum atomic E-state index is 15.2. The molecule has 1 saturated carbocycles. The molecule has 5 aliphatic rings. The molecule has 18 nitrogen and oxygen atoms in total. The molecule has 466 valence electrons. The van der Waals surface area contributed by atoms with Crippen molar-refractivity contribution in [1.29, 1.82) is 0 Å². The molecule has 3 N–H and O–H groups in total. The number of aromatic nitrogens is 2. The van der Waals surface area contributed by atoms with Crippen LogP contribution in [0, 0.1) is 17.7 Å². The summed E-state index contributed by atoms with van der Waals surface area (Å²) in [5, 5.41) is 14.7. The van der Waals surface area contributed by atoms with Gasteiger partial charge in [-0.25, -0.2) is 9.49 Å². The molecule has 4 aromatic carbocycles. The molecule has 0 bridgehead atoms. The van der Waals surface area contributed by atoms with E-state index in [0.29, 0.717) is 112 Å². The van der Waals surface area contributed by atoms with E-state index >= 15 is 4.39 Å². The van der Waals surface area contributed by atoms with Gasteiger partial charge in [0.15, 0.2) is 0 Å². The summed E-state index contributed by atoms with van der Waals surface area (Å²) in [7, 11) is 1.63. The molecule has 4 aliphatic heterocycles. The first kappa shape index (κ1) is 62.8. The molecule has 5 fully saturated rings. The van der Waals surface area contributed by atoms with Crippen LogP contribution in [0.3, 0.4) is 0 Å². The molecular formula is C68H89FN10O8. The number of likely N-dealkylation sites (tertiary alicyclic amines) is 2. The average Bonchev–Trinajstić information content (AvgIpc) is 2.73. The average molecular weight is 1190 g/mol. The first-order valence-corrected chi connectivity index (χ1v) is 31.8. The SMILES string of the molecule is CCOc1cc(OC)ccc1CNCC(=O)N1CCCC(c2ccc(C(=O)N[C@@H](C(=O)N3CCN(CC4CCN(CC(=O)N5CCN(C(=O)c6cc(Cc7n[nH]c(=O)c8ccccc78)ccc6F)CC5)CC4)CC3)C3CCCCC3)c(C(C)(C)C)c2)C1. The van der Waals surface area contributed by atoms with Gasteiger partial charge in [-0.15, -0.1) is 0 Å². The number of nitrogens with zero attached hydrogens (tertiary/aromatic N) is 7. The molecule has 4 saturated heterocycles. The highest BCUT2D eigenvalue weighted by Gasteiger charge is 2.38. The maximum absolute atomic E-state index is 15.2. The summed E-state index contributed by atoms with van der Waals surface area (Å²) >= 11 is 0. The number of ether oxygens (including phenoxy) is 2. The molecule has 1 aromatic heterocycles. The molecule has 5 amide bonds. The number of nitrogens with one attached hydrogen (secondary N) is 3. The first-order chi connectivity index (χ1) is 42.0. The Morgan fingerprint density at radius 1 is 0.724 bits per heavy atom. The van der Waals surface area contributed by atoms with E-state index in [-0.39, 0.29) is 58.5 Å². The fraction of sp³-hybridized carbons (Fsp3) is 0.544. The number of halogens is 1. The second-order valence-electron chi connectivity index (χ2n) is 25.6. The van der Waals surface area contributed by atoms with Crippen molar-refractivity contribution in [3.05, 3.63) is 134 Å². The quantitative estimate of drug-likeness (QED) is 0.0745. The smallest absolute Gasteiger partial charge is 0.272 e. The van der Waals surface area contributed by atoms with Crippen LogP contribution in [0.1, 0.15) is 140 Å². The highest BCUT2D eigenvalue weighted by atomic mass is 19.1. The Morgan fingerprint density at radius 3 is 2.17 bits per heavy atom. The number of carbonyl (C=O) groups is 5. The minimum Gasteiger partial charge on any atom is -0.497 e. The zero-order valence-corrected chi connectivity index (χ0v) is 51.7. The van der Waals surface area contributed by atoms with Crippen molar-refractivity contribution >= 4 is 40.3 Å². The lowest BCUT2D eigenvalue weighted by Crippen LogP contribution is -2.57. The topological polar surface area (TPSA) is 193 Å². The van der Waals surface area contributed by atoms with Gasteiger partial charge in [0.25, 0.3) is 17.4 Å². The minimum atomic E-state index is -0.609. The van der Waals surface area contributed by atoms with Crippen molar-refractivity contribution in [1.82, 2.24) is 50.2 Å². The van der Waals surface area contributed by atoms with Crippen LogP contribution < -0.4 is 25.7 Å². The van der Waals surface area contributed by atoms with Crippen molar-refractivity contribution in [3.63, 3.8) is 0 Å². The predicted octanol–water partition coefficient (Wildman–Crippen LogP) is 7.37. The van der Waals surface area contributed by atoms with E-state index in [9.17, 15) is 28.8 Å². The monoisotopic (exact) mass is 1190 g/mol. The van der Waals surface area contributed by atoms with Gasteiger partial charge in [0.1, 0.15) is 23.4 Å². The Bertz CT molecular complexity index is 3300. The number of hydrogen-bond acceptors (Lipinski definition) is 12. The number of amides is 5. The molecule has 19 heteroatoms. The summed E-state index contributed by atoms with van der Waals surface area (Å²) in [4.78, 5) is 94.7. The van der Waals surface area contributed by atoms with E-state index < -0.39 is 17.8 Å². The lowest BCUT2D eigenvalue weighted by Gasteiger charge is -2.41. The highest BCUT2D eigenvalue weighted by molar-refractivity contribution is 5.99. The van der Waals surface area contributed by atoms with E-state index in [4.69, 9.17) is 9.47 Å². The van der Waals surface area contributed by atoms with Crippen LogP contribution in [-0.4, -0.2) is 187 Å². The van der Waals surface area contributed by atoms with Gasteiger partial charge in [0.05, 0.1) is 43.4 Å². The third-order valence-corrected chi connectivity index (χ3v) is 18.8. The van der Waals surface area contributed by atoms with Gasteiger partial charge in [-0.05, 0) is 123 Å². The van der Waals surface area contributed by atoms with Gasteiger partial charge < -0.3 is 39.7 Å². The van der Waals surface area contributed by atoms with Crippen molar-refractivity contribution in [2.24, 2.45) is 11.8 Å². The largest absolute Gasteiger partial charge is 0.497 e.